The second-order valence-electron chi connectivity index (χ2n) is 5.51. The fraction of sp³-hybridized carbons (Fsp3) is 0.529. The van der Waals surface area contributed by atoms with E-state index < -0.39 is 0 Å². The molecule has 0 amide bonds. The van der Waals surface area contributed by atoms with E-state index in [9.17, 15) is 0 Å². The third-order valence-electron chi connectivity index (χ3n) is 3.78. The van der Waals surface area contributed by atoms with Gasteiger partial charge in [0.1, 0.15) is 5.69 Å². The maximum absolute atomic E-state index is 4.25. The number of hydrogen-bond donors (Lipinski definition) is 2. The SMILES string of the molecule is CCCCCCNCCc1[nH]nnc1-c1ccccc1C. The van der Waals surface area contributed by atoms with Crippen LogP contribution < -0.4 is 5.32 Å². The number of nitrogens with one attached hydrogen (secondary N) is 2. The molecule has 2 N–H and O–H groups in total. The summed E-state index contributed by atoms with van der Waals surface area (Å²) in [6.45, 7) is 6.42. The van der Waals surface area contributed by atoms with Crippen molar-refractivity contribution in [3.63, 3.8) is 0 Å². The molecule has 0 spiro atoms. The second kappa shape index (κ2) is 8.57. The Morgan fingerprint density at radius 2 is 1.95 bits per heavy atom. The lowest BCUT2D eigenvalue weighted by molar-refractivity contribution is 0.596. The van der Waals surface area contributed by atoms with Crippen LogP contribution in [0.5, 0.6) is 0 Å². The average Bonchev–Trinajstić information content (AvgIpc) is 2.95. The lowest BCUT2D eigenvalue weighted by atomic mass is 10.0. The molecule has 0 aliphatic heterocycles. The van der Waals surface area contributed by atoms with E-state index in [1.165, 1.54) is 36.8 Å². The third kappa shape index (κ3) is 4.67. The molecule has 0 aliphatic carbocycles. The van der Waals surface area contributed by atoms with Crippen molar-refractivity contribution in [2.45, 2.75) is 46.0 Å². The Labute approximate surface area is 127 Å². The molecule has 1 aromatic carbocycles. The number of unbranched alkanes of at least 4 members (excludes halogenated alkanes) is 3. The summed E-state index contributed by atoms with van der Waals surface area (Å²) in [5.41, 5.74) is 4.51. The van der Waals surface area contributed by atoms with E-state index in [2.05, 4.69) is 52.8 Å². The van der Waals surface area contributed by atoms with Crippen molar-refractivity contribution in [3.8, 4) is 11.3 Å². The van der Waals surface area contributed by atoms with Gasteiger partial charge in [-0.15, -0.1) is 5.10 Å². The van der Waals surface area contributed by atoms with Gasteiger partial charge in [0.25, 0.3) is 0 Å². The highest BCUT2D eigenvalue weighted by Crippen LogP contribution is 2.23. The van der Waals surface area contributed by atoms with E-state index in [-0.39, 0.29) is 0 Å². The van der Waals surface area contributed by atoms with Crippen molar-refractivity contribution >= 4 is 0 Å². The first-order chi connectivity index (χ1) is 10.3. The van der Waals surface area contributed by atoms with E-state index in [0.717, 1.165) is 30.9 Å². The smallest absolute Gasteiger partial charge is 0.116 e. The number of hydrogen-bond acceptors (Lipinski definition) is 3. The number of aromatic nitrogens is 3. The highest BCUT2D eigenvalue weighted by Gasteiger charge is 2.10. The van der Waals surface area contributed by atoms with Gasteiger partial charge in [-0.3, -0.25) is 5.10 Å². The molecule has 0 unspecified atom stereocenters. The van der Waals surface area contributed by atoms with Crippen molar-refractivity contribution in [1.82, 2.24) is 20.7 Å². The first-order valence-electron chi connectivity index (χ1n) is 7.99. The Balaban J connectivity index is 1.83. The molecule has 0 atom stereocenters. The third-order valence-corrected chi connectivity index (χ3v) is 3.78. The molecule has 1 heterocycles. The number of H-pyrrole nitrogens is 1. The summed E-state index contributed by atoms with van der Waals surface area (Å²) in [4.78, 5) is 0. The largest absolute Gasteiger partial charge is 0.316 e. The molecule has 4 heteroatoms. The zero-order valence-electron chi connectivity index (χ0n) is 13.2. The van der Waals surface area contributed by atoms with Gasteiger partial charge in [0.2, 0.25) is 0 Å². The first-order valence-corrected chi connectivity index (χ1v) is 7.99. The lowest BCUT2D eigenvalue weighted by Gasteiger charge is -2.06. The van der Waals surface area contributed by atoms with Gasteiger partial charge in [0, 0.05) is 18.5 Å². The molecule has 0 saturated heterocycles. The highest BCUT2D eigenvalue weighted by atomic mass is 15.3. The molecule has 21 heavy (non-hydrogen) atoms. The summed E-state index contributed by atoms with van der Waals surface area (Å²) in [5, 5.41) is 14.8. The van der Waals surface area contributed by atoms with Gasteiger partial charge in [-0.2, -0.15) is 0 Å². The number of nitrogens with zero attached hydrogens (tertiary/aromatic N) is 2. The Morgan fingerprint density at radius 3 is 2.76 bits per heavy atom. The van der Waals surface area contributed by atoms with Crippen molar-refractivity contribution in [1.29, 1.82) is 0 Å². The molecular formula is C17H26N4. The summed E-state index contributed by atoms with van der Waals surface area (Å²) < 4.78 is 0. The van der Waals surface area contributed by atoms with Gasteiger partial charge >= 0.3 is 0 Å². The standard InChI is InChI=1S/C17H26N4/c1-3-4-5-8-12-18-13-11-16-17(20-21-19-16)15-10-7-6-9-14(15)2/h6-7,9-10,18H,3-5,8,11-13H2,1-2H3,(H,19,20,21). The van der Waals surface area contributed by atoms with Crippen LogP contribution in [-0.4, -0.2) is 28.5 Å². The molecule has 0 saturated carbocycles. The quantitative estimate of drug-likeness (QED) is 0.694. The van der Waals surface area contributed by atoms with Crippen molar-refractivity contribution < 1.29 is 0 Å². The van der Waals surface area contributed by atoms with Crippen LogP contribution in [0.1, 0.15) is 43.9 Å². The molecule has 1 aromatic heterocycles. The fourth-order valence-electron chi connectivity index (χ4n) is 2.49. The van der Waals surface area contributed by atoms with Crippen LogP contribution in [0.2, 0.25) is 0 Å². The molecule has 0 aliphatic rings. The van der Waals surface area contributed by atoms with E-state index in [1.807, 2.05) is 6.07 Å². The van der Waals surface area contributed by atoms with Gasteiger partial charge in [0.05, 0.1) is 5.69 Å². The minimum absolute atomic E-state index is 0.935. The van der Waals surface area contributed by atoms with Gasteiger partial charge in [-0.25, -0.2) is 0 Å². The molecule has 2 rings (SSSR count). The summed E-state index contributed by atoms with van der Waals surface area (Å²) in [6, 6.07) is 8.32. The van der Waals surface area contributed by atoms with Crippen molar-refractivity contribution in [3.05, 3.63) is 35.5 Å². The van der Waals surface area contributed by atoms with E-state index in [4.69, 9.17) is 0 Å². The molecule has 0 fully saturated rings. The Hall–Kier alpha value is -1.68. The van der Waals surface area contributed by atoms with E-state index in [0.29, 0.717) is 0 Å². The monoisotopic (exact) mass is 286 g/mol. The highest BCUT2D eigenvalue weighted by molar-refractivity contribution is 5.65. The number of aromatic amines is 1. The maximum Gasteiger partial charge on any atom is 0.116 e. The van der Waals surface area contributed by atoms with Gasteiger partial charge in [-0.05, 0) is 25.5 Å². The van der Waals surface area contributed by atoms with E-state index in [1.54, 1.807) is 0 Å². The molecular weight excluding hydrogens is 260 g/mol. The topological polar surface area (TPSA) is 53.6 Å². The van der Waals surface area contributed by atoms with Crippen LogP contribution in [0.15, 0.2) is 24.3 Å². The molecule has 2 aromatic rings. The number of benzene rings is 1. The number of rotatable bonds is 9. The van der Waals surface area contributed by atoms with Crippen molar-refractivity contribution in [2.24, 2.45) is 0 Å². The Morgan fingerprint density at radius 1 is 1.10 bits per heavy atom. The summed E-state index contributed by atoms with van der Waals surface area (Å²) in [6.07, 6.45) is 6.15. The second-order valence-corrected chi connectivity index (χ2v) is 5.51. The van der Waals surface area contributed by atoms with Crippen LogP contribution in [0, 0.1) is 6.92 Å². The van der Waals surface area contributed by atoms with E-state index >= 15 is 0 Å². The lowest BCUT2D eigenvalue weighted by Crippen LogP contribution is -2.18. The number of aryl methyl sites for hydroxylation is 1. The summed E-state index contributed by atoms with van der Waals surface area (Å²) in [5.74, 6) is 0. The van der Waals surface area contributed by atoms with Crippen LogP contribution in [0.4, 0.5) is 0 Å². The zero-order chi connectivity index (χ0) is 14.9. The van der Waals surface area contributed by atoms with Crippen LogP contribution in [-0.2, 0) is 6.42 Å². The molecule has 0 radical (unpaired) electrons. The van der Waals surface area contributed by atoms with Crippen LogP contribution in [0.25, 0.3) is 11.3 Å². The molecule has 0 bridgehead atoms. The van der Waals surface area contributed by atoms with Gasteiger partial charge in [0.15, 0.2) is 0 Å². The summed E-state index contributed by atoms with van der Waals surface area (Å²) >= 11 is 0. The minimum Gasteiger partial charge on any atom is -0.316 e. The Kier molecular flexibility index (Phi) is 6.41. The molecule has 4 nitrogen and oxygen atoms in total. The van der Waals surface area contributed by atoms with Gasteiger partial charge in [-0.1, -0.05) is 55.7 Å². The maximum atomic E-state index is 4.25. The van der Waals surface area contributed by atoms with Crippen LogP contribution >= 0.6 is 0 Å². The zero-order valence-corrected chi connectivity index (χ0v) is 13.2. The Bertz CT molecular complexity index is 533. The van der Waals surface area contributed by atoms with Gasteiger partial charge < -0.3 is 5.32 Å². The summed E-state index contributed by atoms with van der Waals surface area (Å²) in [7, 11) is 0. The average molecular weight is 286 g/mol. The normalized spacial score (nSPS) is 11.0. The predicted octanol–water partition coefficient (Wildman–Crippen LogP) is 3.49. The van der Waals surface area contributed by atoms with Crippen LogP contribution in [0.3, 0.4) is 0 Å². The first kappa shape index (κ1) is 15.7. The predicted molar refractivity (Wildman–Crippen MR) is 87.3 cm³/mol. The minimum atomic E-state index is 0.935. The molecule has 114 valence electrons. The fourth-order valence-corrected chi connectivity index (χ4v) is 2.49. The van der Waals surface area contributed by atoms with Crippen molar-refractivity contribution in [2.75, 3.05) is 13.1 Å².